The number of hydrogen-bond donors (Lipinski definition) is 16. The minimum Gasteiger partial charge on any atom is -0.481 e. The van der Waals surface area contributed by atoms with E-state index >= 15 is 0 Å². The van der Waals surface area contributed by atoms with Crippen LogP contribution in [0.25, 0.3) is 0 Å². The van der Waals surface area contributed by atoms with E-state index in [1.807, 2.05) is 0 Å². The van der Waals surface area contributed by atoms with Crippen LogP contribution in [0.4, 0.5) is 0 Å². The largest absolute Gasteiger partial charge is 0.481 e. The van der Waals surface area contributed by atoms with Crippen molar-refractivity contribution in [3.63, 3.8) is 0 Å². The number of carboxylic acid groups (broad SMARTS) is 1. The van der Waals surface area contributed by atoms with Gasteiger partial charge >= 0.3 is 5.97 Å². The van der Waals surface area contributed by atoms with Crippen molar-refractivity contribution in [2.75, 3.05) is 66.1 Å². The van der Waals surface area contributed by atoms with Crippen LogP contribution < -0.4 is 0 Å². The smallest absolute Gasteiger partial charge is 0.303 e. The van der Waals surface area contributed by atoms with Crippen LogP contribution in [0.1, 0.15) is 71.1 Å². The SMILES string of the molecule is CC/C=C\C/C=C\C/C=C\CCCCCCCC(=O)O.OCC(O)CO.OCC(O)CO.OCC(O)CO.OCC(O)CO.OCC(O)CO. The Morgan fingerprint density at radius 1 is 0.420 bits per heavy atom. The van der Waals surface area contributed by atoms with Crippen LogP contribution in [0.3, 0.4) is 0 Å². The molecule has 0 saturated carbocycles. The first kappa shape index (κ1) is 60.2. The zero-order chi connectivity index (χ0) is 39.8. The zero-order valence-electron chi connectivity index (χ0n) is 29.6. The van der Waals surface area contributed by atoms with Crippen molar-refractivity contribution in [1.29, 1.82) is 0 Å². The predicted molar refractivity (Wildman–Crippen MR) is 188 cm³/mol. The fraction of sp³-hybridized carbons (Fsp3) is 0.788. The Morgan fingerprint density at radius 2 is 0.680 bits per heavy atom. The zero-order valence-corrected chi connectivity index (χ0v) is 29.6. The van der Waals surface area contributed by atoms with Gasteiger partial charge in [-0.1, -0.05) is 62.6 Å². The highest BCUT2D eigenvalue weighted by molar-refractivity contribution is 5.66. The quantitative estimate of drug-likeness (QED) is 0.0375. The number of rotatable bonds is 23. The number of allylic oxidation sites excluding steroid dienone is 6. The van der Waals surface area contributed by atoms with Crippen LogP contribution in [-0.4, -0.2) is 184 Å². The molecule has 0 atom stereocenters. The van der Waals surface area contributed by atoms with E-state index in [2.05, 4.69) is 43.4 Å². The van der Waals surface area contributed by atoms with Gasteiger partial charge in [-0.05, 0) is 38.5 Å². The van der Waals surface area contributed by atoms with Crippen LogP contribution in [0.5, 0.6) is 0 Å². The molecule has 16 N–H and O–H groups in total. The van der Waals surface area contributed by atoms with E-state index in [-0.39, 0.29) is 66.1 Å². The molecule has 0 unspecified atom stereocenters. The van der Waals surface area contributed by atoms with Gasteiger partial charge in [0.1, 0.15) is 30.5 Å². The van der Waals surface area contributed by atoms with Gasteiger partial charge < -0.3 is 81.7 Å². The van der Waals surface area contributed by atoms with E-state index in [4.69, 9.17) is 81.7 Å². The highest BCUT2D eigenvalue weighted by Crippen LogP contribution is 2.07. The Morgan fingerprint density at radius 3 is 0.940 bits per heavy atom. The molecular formula is C33H70O17. The predicted octanol–water partition coefficient (Wildman–Crippen LogP) is -2.68. The van der Waals surface area contributed by atoms with E-state index < -0.39 is 36.5 Å². The fourth-order valence-electron chi connectivity index (χ4n) is 2.18. The summed E-state index contributed by atoms with van der Waals surface area (Å²) in [6.45, 7) is -1.50. The summed E-state index contributed by atoms with van der Waals surface area (Å²) in [4.78, 5) is 10.3. The molecule has 0 rings (SSSR count). The summed E-state index contributed by atoms with van der Waals surface area (Å²) in [5, 5.41) is 129. The Hall–Kier alpha value is -1.91. The maximum absolute atomic E-state index is 10.3. The molecule has 0 aliphatic rings. The van der Waals surface area contributed by atoms with Crippen LogP contribution in [-0.2, 0) is 4.79 Å². The summed E-state index contributed by atoms with van der Waals surface area (Å²) < 4.78 is 0. The van der Waals surface area contributed by atoms with Crippen molar-refractivity contribution in [3.8, 4) is 0 Å². The van der Waals surface area contributed by atoms with Crippen LogP contribution >= 0.6 is 0 Å². The maximum atomic E-state index is 10.3. The molecule has 0 bridgehead atoms. The molecule has 0 aromatic heterocycles. The number of carboxylic acids is 1. The molecule has 0 fully saturated rings. The van der Waals surface area contributed by atoms with Crippen LogP contribution in [0.15, 0.2) is 36.5 Å². The van der Waals surface area contributed by atoms with Crippen LogP contribution in [0, 0.1) is 0 Å². The fourth-order valence-corrected chi connectivity index (χ4v) is 2.18. The number of aliphatic carboxylic acids is 1. The molecule has 304 valence electrons. The minimum absolute atomic E-state index is 0.319. The Labute approximate surface area is 296 Å². The van der Waals surface area contributed by atoms with Gasteiger partial charge in [0.05, 0.1) is 66.1 Å². The van der Waals surface area contributed by atoms with Crippen molar-refractivity contribution < 1.29 is 86.5 Å². The molecule has 0 heterocycles. The minimum atomic E-state index is -0.954. The molecule has 0 radical (unpaired) electrons. The lowest BCUT2D eigenvalue weighted by atomic mass is 10.1. The summed E-state index contributed by atoms with van der Waals surface area (Å²) in [5.74, 6) is -0.675. The standard InChI is InChI=1S/C18H30O2.5C3H8O3/c1-2-3-4-5-6-7-8-9-10-11-12-13-14-15-16-17-18(19)20;5*4-1-3(6)2-5/h3-4,6-7,9-10H,2,5,8,11-17H2,1H3,(H,19,20);5*3-6H,1-2H2/b4-3-,7-6-,10-9-;;;;;. The lowest BCUT2D eigenvalue weighted by Gasteiger charge is -1.98. The topological polar surface area (TPSA) is 341 Å². The monoisotopic (exact) mass is 738 g/mol. The third-order valence-electron chi connectivity index (χ3n) is 5.15. The highest BCUT2D eigenvalue weighted by Gasteiger charge is 1.97. The lowest BCUT2D eigenvalue weighted by molar-refractivity contribution is -0.137. The average molecular weight is 739 g/mol. The first-order valence-electron chi connectivity index (χ1n) is 16.5. The third-order valence-corrected chi connectivity index (χ3v) is 5.15. The van der Waals surface area contributed by atoms with E-state index in [9.17, 15) is 4.79 Å². The molecule has 17 nitrogen and oxygen atoms in total. The molecule has 0 aromatic rings. The van der Waals surface area contributed by atoms with E-state index in [0.717, 1.165) is 44.9 Å². The summed E-state index contributed by atoms with van der Waals surface area (Å²) in [5.41, 5.74) is 0. The molecular weight excluding hydrogens is 668 g/mol. The Kier molecular flexibility index (Phi) is 68.0. The summed E-state index contributed by atoms with van der Waals surface area (Å²) in [7, 11) is 0. The average Bonchev–Trinajstić information content (AvgIpc) is 3.15. The second-order valence-corrected chi connectivity index (χ2v) is 10.1. The number of unbranched alkanes of at least 4 members (excludes halogenated alkanes) is 5. The number of hydrogen-bond acceptors (Lipinski definition) is 16. The van der Waals surface area contributed by atoms with Crippen molar-refractivity contribution in [2.24, 2.45) is 0 Å². The molecule has 0 spiro atoms. The first-order chi connectivity index (χ1) is 23.8. The van der Waals surface area contributed by atoms with Crippen molar-refractivity contribution in [3.05, 3.63) is 36.5 Å². The van der Waals surface area contributed by atoms with Gasteiger partial charge in [-0.25, -0.2) is 0 Å². The number of aliphatic hydroxyl groups is 15. The molecule has 0 amide bonds. The van der Waals surface area contributed by atoms with E-state index in [1.165, 1.54) is 12.8 Å². The second-order valence-electron chi connectivity index (χ2n) is 10.1. The normalized spacial score (nSPS) is 10.8. The van der Waals surface area contributed by atoms with Crippen LogP contribution in [0.2, 0.25) is 0 Å². The molecule has 0 aliphatic carbocycles. The van der Waals surface area contributed by atoms with Crippen molar-refractivity contribution >= 4 is 5.97 Å². The lowest BCUT2D eigenvalue weighted by Crippen LogP contribution is -2.15. The second kappa shape index (κ2) is 56.5. The van der Waals surface area contributed by atoms with Gasteiger partial charge in [-0.15, -0.1) is 0 Å². The van der Waals surface area contributed by atoms with Gasteiger partial charge in [0.25, 0.3) is 0 Å². The maximum Gasteiger partial charge on any atom is 0.303 e. The van der Waals surface area contributed by atoms with Gasteiger partial charge in [-0.2, -0.15) is 0 Å². The molecule has 50 heavy (non-hydrogen) atoms. The van der Waals surface area contributed by atoms with Crippen molar-refractivity contribution in [2.45, 2.75) is 102 Å². The van der Waals surface area contributed by atoms with Gasteiger partial charge in [-0.3, -0.25) is 4.79 Å². The third kappa shape index (κ3) is 76.1. The first-order valence-corrected chi connectivity index (χ1v) is 16.5. The molecule has 0 saturated heterocycles. The number of aliphatic hydroxyl groups excluding tert-OH is 15. The molecule has 0 aliphatic heterocycles. The summed E-state index contributed by atoms with van der Waals surface area (Å²) in [6.07, 6.45) is 18.6. The Bertz CT molecular complexity index is 603. The van der Waals surface area contributed by atoms with Gasteiger partial charge in [0.2, 0.25) is 0 Å². The molecule has 0 aromatic carbocycles. The summed E-state index contributed by atoms with van der Waals surface area (Å²) in [6, 6.07) is 0. The van der Waals surface area contributed by atoms with Crippen molar-refractivity contribution in [1.82, 2.24) is 0 Å². The highest BCUT2D eigenvalue weighted by atomic mass is 16.4. The van der Waals surface area contributed by atoms with Gasteiger partial charge in [0, 0.05) is 6.42 Å². The van der Waals surface area contributed by atoms with E-state index in [1.54, 1.807) is 0 Å². The van der Waals surface area contributed by atoms with Gasteiger partial charge in [0.15, 0.2) is 0 Å². The number of carbonyl (C=O) groups is 1. The van der Waals surface area contributed by atoms with E-state index in [0.29, 0.717) is 6.42 Å². The Balaban J connectivity index is -0.000000132. The molecule has 17 heteroatoms. The summed E-state index contributed by atoms with van der Waals surface area (Å²) >= 11 is 0.